The highest BCUT2D eigenvalue weighted by Gasteiger charge is 2.04. The molecule has 0 aliphatic heterocycles. The zero-order valence-corrected chi connectivity index (χ0v) is 12.5. The molecular weight excluding hydrogens is 337 g/mol. The third-order valence-electron chi connectivity index (χ3n) is 2.32. The molecule has 18 heavy (non-hydrogen) atoms. The Bertz CT molecular complexity index is 548. The normalized spacial score (nSPS) is 10.4. The molecule has 2 nitrogen and oxygen atoms in total. The molecule has 5 heteroatoms. The first-order chi connectivity index (χ1) is 8.69. The quantitative estimate of drug-likeness (QED) is 0.741. The number of aromatic nitrogens is 1. The van der Waals surface area contributed by atoms with E-state index < -0.39 is 0 Å². The van der Waals surface area contributed by atoms with Crippen LogP contribution in [0.15, 0.2) is 41.1 Å². The van der Waals surface area contributed by atoms with Crippen LogP contribution in [0.2, 0.25) is 5.02 Å². The molecule has 0 bridgehead atoms. The van der Waals surface area contributed by atoms with Crippen molar-refractivity contribution in [2.24, 2.45) is 0 Å². The fourth-order valence-electron chi connectivity index (χ4n) is 1.49. The van der Waals surface area contributed by atoms with Gasteiger partial charge in [-0.2, -0.15) is 0 Å². The van der Waals surface area contributed by atoms with Gasteiger partial charge >= 0.3 is 0 Å². The zero-order valence-electron chi connectivity index (χ0n) is 9.37. The van der Waals surface area contributed by atoms with Crippen LogP contribution in [0.4, 0.5) is 0 Å². The number of alkyl halides is 1. The van der Waals surface area contributed by atoms with E-state index in [-0.39, 0.29) is 0 Å². The number of hydrogen-bond acceptors (Lipinski definition) is 2. The molecule has 2 rings (SSSR count). The highest BCUT2D eigenvalue weighted by molar-refractivity contribution is 9.10. The molecule has 1 heterocycles. The topological polar surface area (TPSA) is 22.1 Å². The molecule has 0 fully saturated rings. The van der Waals surface area contributed by atoms with Crippen LogP contribution in [-0.4, -0.2) is 4.98 Å². The van der Waals surface area contributed by atoms with E-state index in [1.807, 2.05) is 18.2 Å². The summed E-state index contributed by atoms with van der Waals surface area (Å²) in [6.07, 6.45) is 3.50. The molecule has 0 saturated heterocycles. The van der Waals surface area contributed by atoms with E-state index in [2.05, 4.69) is 20.9 Å². The highest BCUT2D eigenvalue weighted by atomic mass is 79.9. The van der Waals surface area contributed by atoms with Crippen LogP contribution in [0, 0.1) is 0 Å². The minimum Gasteiger partial charge on any atom is -0.489 e. The van der Waals surface area contributed by atoms with Gasteiger partial charge in [-0.15, -0.1) is 11.6 Å². The SMILES string of the molecule is ClCc1cc(Cl)ccc1OCc1cncc(Br)c1. The molecule has 1 aromatic heterocycles. The first-order valence-electron chi connectivity index (χ1n) is 5.25. The van der Waals surface area contributed by atoms with E-state index in [0.29, 0.717) is 17.5 Å². The summed E-state index contributed by atoms with van der Waals surface area (Å²) in [5.41, 5.74) is 1.87. The molecule has 0 unspecified atom stereocenters. The molecular formula is C13H10BrCl2NO. The Labute approximate surface area is 124 Å². The summed E-state index contributed by atoms with van der Waals surface area (Å²) in [4.78, 5) is 4.08. The largest absolute Gasteiger partial charge is 0.489 e. The Morgan fingerprint density at radius 2 is 2.06 bits per heavy atom. The lowest BCUT2D eigenvalue weighted by molar-refractivity contribution is 0.303. The first kappa shape index (κ1) is 13.7. The smallest absolute Gasteiger partial charge is 0.124 e. The van der Waals surface area contributed by atoms with Gasteiger partial charge in [-0.25, -0.2) is 0 Å². The van der Waals surface area contributed by atoms with Crippen molar-refractivity contribution in [3.63, 3.8) is 0 Å². The van der Waals surface area contributed by atoms with Gasteiger partial charge < -0.3 is 4.74 Å². The molecule has 94 valence electrons. The van der Waals surface area contributed by atoms with Crippen LogP contribution in [0.3, 0.4) is 0 Å². The summed E-state index contributed by atoms with van der Waals surface area (Å²) in [6, 6.07) is 7.38. The Kier molecular flexibility index (Phi) is 4.87. The van der Waals surface area contributed by atoms with E-state index in [1.165, 1.54) is 0 Å². The van der Waals surface area contributed by atoms with Crippen LogP contribution < -0.4 is 4.74 Å². The fraction of sp³-hybridized carbons (Fsp3) is 0.154. The second-order valence-electron chi connectivity index (χ2n) is 3.69. The monoisotopic (exact) mass is 345 g/mol. The van der Waals surface area contributed by atoms with Gasteiger partial charge in [0.05, 0.1) is 5.88 Å². The lowest BCUT2D eigenvalue weighted by Crippen LogP contribution is -1.98. The van der Waals surface area contributed by atoms with Crippen LogP contribution in [-0.2, 0) is 12.5 Å². The third kappa shape index (κ3) is 3.61. The number of hydrogen-bond donors (Lipinski definition) is 0. The lowest BCUT2D eigenvalue weighted by Gasteiger charge is -2.10. The Morgan fingerprint density at radius 3 is 2.78 bits per heavy atom. The lowest BCUT2D eigenvalue weighted by atomic mass is 10.2. The Morgan fingerprint density at radius 1 is 1.22 bits per heavy atom. The number of nitrogens with zero attached hydrogens (tertiary/aromatic N) is 1. The minimum absolute atomic E-state index is 0.368. The summed E-state index contributed by atoms with van der Waals surface area (Å²) >= 11 is 15.1. The van der Waals surface area contributed by atoms with Gasteiger partial charge in [0.2, 0.25) is 0 Å². The van der Waals surface area contributed by atoms with E-state index in [0.717, 1.165) is 21.3 Å². The molecule has 0 N–H and O–H groups in total. The average Bonchev–Trinajstić information content (AvgIpc) is 2.37. The number of rotatable bonds is 4. The number of pyridine rings is 1. The highest BCUT2D eigenvalue weighted by Crippen LogP contribution is 2.25. The van der Waals surface area contributed by atoms with Crippen LogP contribution in [0.5, 0.6) is 5.75 Å². The number of ether oxygens (including phenoxy) is 1. The predicted octanol–water partition coefficient (Wildman–Crippen LogP) is 4.82. The van der Waals surface area contributed by atoms with Gasteiger partial charge in [0.25, 0.3) is 0 Å². The van der Waals surface area contributed by atoms with Crippen molar-refractivity contribution in [3.8, 4) is 5.75 Å². The molecule has 0 aliphatic carbocycles. The summed E-state index contributed by atoms with van der Waals surface area (Å²) in [7, 11) is 0. The van der Waals surface area contributed by atoms with E-state index in [9.17, 15) is 0 Å². The standard InChI is InChI=1S/C13H10BrCl2NO/c14-11-3-9(6-17-7-11)8-18-13-2-1-12(16)4-10(13)5-15/h1-4,6-7H,5,8H2. The molecule has 2 aromatic rings. The van der Waals surface area contributed by atoms with Gasteiger partial charge in [-0.3, -0.25) is 4.98 Å². The number of benzene rings is 1. The maximum atomic E-state index is 5.90. The second-order valence-corrected chi connectivity index (χ2v) is 5.31. The third-order valence-corrected chi connectivity index (χ3v) is 3.28. The van der Waals surface area contributed by atoms with E-state index in [4.69, 9.17) is 27.9 Å². The maximum absolute atomic E-state index is 5.90. The van der Waals surface area contributed by atoms with Gasteiger partial charge in [0, 0.05) is 33.0 Å². The molecule has 0 amide bonds. The minimum atomic E-state index is 0.368. The fourth-order valence-corrected chi connectivity index (χ4v) is 2.30. The van der Waals surface area contributed by atoms with Gasteiger partial charge in [-0.1, -0.05) is 11.6 Å². The van der Waals surface area contributed by atoms with Crippen molar-refractivity contribution in [1.29, 1.82) is 0 Å². The summed E-state index contributed by atoms with van der Waals surface area (Å²) < 4.78 is 6.65. The zero-order chi connectivity index (χ0) is 13.0. The summed E-state index contributed by atoms with van der Waals surface area (Å²) in [6.45, 7) is 0.442. The molecule has 0 spiro atoms. The molecule has 0 radical (unpaired) electrons. The predicted molar refractivity (Wildman–Crippen MR) is 77.3 cm³/mol. The van der Waals surface area contributed by atoms with Crippen molar-refractivity contribution < 1.29 is 4.74 Å². The summed E-state index contributed by atoms with van der Waals surface area (Å²) in [5.74, 6) is 1.11. The van der Waals surface area contributed by atoms with Crippen molar-refractivity contribution in [2.75, 3.05) is 0 Å². The summed E-state index contributed by atoms with van der Waals surface area (Å²) in [5, 5.41) is 0.655. The Balaban J connectivity index is 2.10. The Hall–Kier alpha value is -0.770. The molecule has 0 atom stereocenters. The molecule has 0 saturated carbocycles. The van der Waals surface area contributed by atoms with Gasteiger partial charge in [-0.05, 0) is 40.2 Å². The van der Waals surface area contributed by atoms with E-state index in [1.54, 1.807) is 18.5 Å². The van der Waals surface area contributed by atoms with Crippen LogP contribution in [0.25, 0.3) is 0 Å². The van der Waals surface area contributed by atoms with E-state index >= 15 is 0 Å². The van der Waals surface area contributed by atoms with Gasteiger partial charge in [0.1, 0.15) is 12.4 Å². The number of halogens is 3. The van der Waals surface area contributed by atoms with Crippen LogP contribution in [0.1, 0.15) is 11.1 Å². The second kappa shape index (κ2) is 6.41. The van der Waals surface area contributed by atoms with Crippen molar-refractivity contribution in [1.82, 2.24) is 4.98 Å². The molecule has 1 aromatic carbocycles. The maximum Gasteiger partial charge on any atom is 0.124 e. The van der Waals surface area contributed by atoms with Crippen molar-refractivity contribution in [3.05, 3.63) is 57.3 Å². The van der Waals surface area contributed by atoms with Gasteiger partial charge in [0.15, 0.2) is 0 Å². The van der Waals surface area contributed by atoms with Crippen LogP contribution >= 0.6 is 39.1 Å². The van der Waals surface area contributed by atoms with Crippen molar-refractivity contribution in [2.45, 2.75) is 12.5 Å². The van der Waals surface area contributed by atoms with Crippen molar-refractivity contribution >= 4 is 39.1 Å². The average molecular weight is 347 g/mol. The molecule has 0 aliphatic rings. The first-order valence-corrected chi connectivity index (χ1v) is 6.96.